The van der Waals surface area contributed by atoms with Crippen LogP contribution in [-0.4, -0.2) is 0 Å². The smallest absolute Gasteiger partial charge is 0.0292 e. The molecule has 0 amide bonds. The molecule has 0 N–H and O–H groups in total. The lowest BCUT2D eigenvalue weighted by atomic mass is 9.67. The van der Waals surface area contributed by atoms with E-state index in [2.05, 4.69) is 0 Å². The highest BCUT2D eigenvalue weighted by molar-refractivity contribution is 5.07. The molecule has 2 spiro atoms. The summed E-state index contributed by atoms with van der Waals surface area (Å²) in [6, 6.07) is 0. The van der Waals surface area contributed by atoms with Crippen molar-refractivity contribution in [1.29, 1.82) is 0 Å². The van der Waals surface area contributed by atoms with Crippen molar-refractivity contribution in [1.82, 2.24) is 0 Å². The summed E-state index contributed by atoms with van der Waals surface area (Å²) in [5.41, 5.74) is 1.84. The first-order valence-corrected chi connectivity index (χ1v) is 4.83. The van der Waals surface area contributed by atoms with Crippen molar-refractivity contribution in [3.8, 4) is 0 Å². The predicted octanol–water partition coefficient (Wildman–Crippen LogP) is 3.12. The summed E-state index contributed by atoms with van der Waals surface area (Å²) in [5, 5.41) is 0. The van der Waals surface area contributed by atoms with Gasteiger partial charge in [0.05, 0.1) is 0 Å². The Bertz CT molecular complexity index is 161. The van der Waals surface area contributed by atoms with Gasteiger partial charge in [-0.3, -0.25) is 0 Å². The van der Waals surface area contributed by atoms with E-state index in [1.807, 2.05) is 0 Å². The Labute approximate surface area is 63.0 Å². The van der Waals surface area contributed by atoms with Gasteiger partial charge < -0.3 is 0 Å². The molecular weight excluding hydrogens is 120 g/mol. The summed E-state index contributed by atoms with van der Waals surface area (Å²) in [6.07, 6.45) is 12.7. The maximum absolute atomic E-state index is 1.62. The average molecular weight is 136 g/mol. The van der Waals surface area contributed by atoms with Gasteiger partial charge in [-0.15, -0.1) is 0 Å². The van der Waals surface area contributed by atoms with Crippen molar-refractivity contribution in [2.75, 3.05) is 0 Å². The zero-order chi connectivity index (χ0) is 6.66. The maximum Gasteiger partial charge on any atom is -0.0292 e. The van der Waals surface area contributed by atoms with Crippen LogP contribution >= 0.6 is 0 Å². The van der Waals surface area contributed by atoms with Gasteiger partial charge >= 0.3 is 0 Å². The van der Waals surface area contributed by atoms with E-state index in [0.717, 1.165) is 10.8 Å². The molecule has 3 saturated carbocycles. The fourth-order valence-electron chi connectivity index (χ4n) is 3.21. The van der Waals surface area contributed by atoms with Crippen LogP contribution in [0.5, 0.6) is 0 Å². The molecule has 0 aliphatic heterocycles. The molecule has 56 valence electrons. The lowest BCUT2D eigenvalue weighted by Crippen LogP contribution is -2.25. The van der Waals surface area contributed by atoms with Crippen molar-refractivity contribution in [3.63, 3.8) is 0 Å². The van der Waals surface area contributed by atoms with Crippen LogP contribution in [0, 0.1) is 10.8 Å². The van der Waals surface area contributed by atoms with Crippen LogP contribution in [0.2, 0.25) is 0 Å². The molecule has 0 atom stereocenters. The molecule has 0 heterocycles. The minimum atomic E-state index is 0.913. The molecule has 10 heavy (non-hydrogen) atoms. The third-order valence-corrected chi connectivity index (χ3v) is 4.31. The minimum Gasteiger partial charge on any atom is -0.0522 e. The summed E-state index contributed by atoms with van der Waals surface area (Å²) in [7, 11) is 0. The molecular formula is C10H16. The molecule has 0 aromatic rings. The Balaban J connectivity index is 1.80. The second-order valence-corrected chi connectivity index (χ2v) is 5.03. The molecule has 3 fully saturated rings. The average Bonchev–Trinajstić information content (AvgIpc) is 2.40. The lowest BCUT2D eigenvalue weighted by molar-refractivity contribution is 0.134. The standard InChI is InChI=1S/C10H16/c1-2-9(3-1)4-5-10(8-9)6-7-10/h1-8H2. The molecule has 0 saturated heterocycles. The summed E-state index contributed by atoms with van der Waals surface area (Å²) < 4.78 is 0. The lowest BCUT2D eigenvalue weighted by Gasteiger charge is -2.38. The van der Waals surface area contributed by atoms with Gasteiger partial charge in [0.2, 0.25) is 0 Å². The fourth-order valence-corrected chi connectivity index (χ4v) is 3.21. The first-order chi connectivity index (χ1) is 4.83. The van der Waals surface area contributed by atoms with Gasteiger partial charge in [-0.25, -0.2) is 0 Å². The van der Waals surface area contributed by atoms with Crippen LogP contribution in [0.1, 0.15) is 51.4 Å². The molecule has 0 aromatic heterocycles. The topological polar surface area (TPSA) is 0 Å². The van der Waals surface area contributed by atoms with Crippen LogP contribution in [0.4, 0.5) is 0 Å². The van der Waals surface area contributed by atoms with Gasteiger partial charge in [-0.05, 0) is 55.8 Å². The molecule has 0 bridgehead atoms. The van der Waals surface area contributed by atoms with E-state index in [-0.39, 0.29) is 0 Å². The van der Waals surface area contributed by atoms with Gasteiger partial charge in [-0.1, -0.05) is 6.42 Å². The Kier molecular flexibility index (Phi) is 0.810. The quantitative estimate of drug-likeness (QED) is 0.480. The second kappa shape index (κ2) is 1.44. The van der Waals surface area contributed by atoms with Crippen molar-refractivity contribution < 1.29 is 0 Å². The number of rotatable bonds is 0. The molecule has 3 aliphatic rings. The van der Waals surface area contributed by atoms with Crippen molar-refractivity contribution in [2.45, 2.75) is 51.4 Å². The summed E-state index contributed by atoms with van der Waals surface area (Å²) in [6.45, 7) is 0. The predicted molar refractivity (Wildman–Crippen MR) is 41.8 cm³/mol. The highest BCUT2D eigenvalue weighted by Crippen LogP contribution is 2.68. The molecule has 3 aliphatic carbocycles. The van der Waals surface area contributed by atoms with Gasteiger partial charge in [0.15, 0.2) is 0 Å². The molecule has 3 rings (SSSR count). The Morgan fingerprint density at radius 3 is 1.30 bits per heavy atom. The summed E-state index contributed by atoms with van der Waals surface area (Å²) >= 11 is 0. The third kappa shape index (κ3) is 0.580. The molecule has 0 heteroatoms. The second-order valence-electron chi connectivity index (χ2n) is 5.03. The van der Waals surface area contributed by atoms with Gasteiger partial charge in [0.1, 0.15) is 0 Å². The van der Waals surface area contributed by atoms with E-state index in [4.69, 9.17) is 0 Å². The normalized spacial score (nSPS) is 38.4. The first kappa shape index (κ1) is 5.62. The van der Waals surface area contributed by atoms with Crippen LogP contribution < -0.4 is 0 Å². The van der Waals surface area contributed by atoms with Crippen LogP contribution in [0.15, 0.2) is 0 Å². The third-order valence-electron chi connectivity index (χ3n) is 4.31. The Morgan fingerprint density at radius 2 is 1.10 bits per heavy atom. The zero-order valence-electron chi connectivity index (χ0n) is 6.66. The number of hydrogen-bond acceptors (Lipinski definition) is 0. The van der Waals surface area contributed by atoms with Crippen LogP contribution in [-0.2, 0) is 0 Å². The van der Waals surface area contributed by atoms with Crippen molar-refractivity contribution in [2.24, 2.45) is 10.8 Å². The Morgan fingerprint density at radius 1 is 0.600 bits per heavy atom. The van der Waals surface area contributed by atoms with E-state index in [1.165, 1.54) is 6.42 Å². The zero-order valence-corrected chi connectivity index (χ0v) is 6.66. The van der Waals surface area contributed by atoms with Crippen molar-refractivity contribution in [3.05, 3.63) is 0 Å². The van der Waals surface area contributed by atoms with Crippen molar-refractivity contribution >= 4 is 0 Å². The van der Waals surface area contributed by atoms with E-state index in [1.54, 1.807) is 44.9 Å². The van der Waals surface area contributed by atoms with Crippen LogP contribution in [0.25, 0.3) is 0 Å². The maximum atomic E-state index is 1.62. The minimum absolute atomic E-state index is 0.913. The molecule has 0 unspecified atom stereocenters. The first-order valence-electron chi connectivity index (χ1n) is 4.83. The SMILES string of the molecule is C1CC2(C1)CCC1(CC1)C2. The van der Waals surface area contributed by atoms with Crippen LogP contribution in [0.3, 0.4) is 0 Å². The van der Waals surface area contributed by atoms with E-state index < -0.39 is 0 Å². The molecule has 0 nitrogen and oxygen atoms in total. The van der Waals surface area contributed by atoms with E-state index >= 15 is 0 Å². The van der Waals surface area contributed by atoms with E-state index in [9.17, 15) is 0 Å². The van der Waals surface area contributed by atoms with Gasteiger partial charge in [-0.2, -0.15) is 0 Å². The Hall–Kier alpha value is 0. The molecule has 0 radical (unpaired) electrons. The van der Waals surface area contributed by atoms with Gasteiger partial charge in [0, 0.05) is 0 Å². The summed E-state index contributed by atoms with van der Waals surface area (Å²) in [4.78, 5) is 0. The summed E-state index contributed by atoms with van der Waals surface area (Å²) in [5.74, 6) is 0. The van der Waals surface area contributed by atoms with E-state index in [0.29, 0.717) is 0 Å². The highest BCUT2D eigenvalue weighted by Gasteiger charge is 2.55. The molecule has 0 aromatic carbocycles. The highest BCUT2D eigenvalue weighted by atomic mass is 14.6. The van der Waals surface area contributed by atoms with Gasteiger partial charge in [0.25, 0.3) is 0 Å². The fraction of sp³-hybridized carbons (Fsp3) is 1.00. The largest absolute Gasteiger partial charge is 0.0522 e. The monoisotopic (exact) mass is 136 g/mol. The number of hydrogen-bond donors (Lipinski definition) is 0.